The quantitative estimate of drug-likeness (QED) is 0.557. The maximum absolute atomic E-state index is 9.59. The van der Waals surface area contributed by atoms with E-state index in [2.05, 4.69) is 41.2 Å². The van der Waals surface area contributed by atoms with E-state index < -0.39 is 0 Å². The van der Waals surface area contributed by atoms with E-state index in [-0.39, 0.29) is 5.41 Å². The van der Waals surface area contributed by atoms with Crippen LogP contribution in [0.2, 0.25) is 0 Å². The van der Waals surface area contributed by atoms with E-state index in [1.807, 2.05) is 0 Å². The zero-order chi connectivity index (χ0) is 21.4. The molecule has 0 radical (unpaired) electrons. The molecule has 174 valence electrons. The average Bonchev–Trinajstić information content (AvgIpc) is 2.84. The molecule has 2 aliphatic carbocycles. The highest BCUT2D eigenvalue weighted by molar-refractivity contribution is 5.07. The van der Waals surface area contributed by atoms with Crippen LogP contribution in [0.4, 0.5) is 0 Å². The highest BCUT2D eigenvalue weighted by Crippen LogP contribution is 2.47. The molecule has 3 aliphatic heterocycles. The van der Waals surface area contributed by atoms with E-state index in [1.54, 1.807) is 0 Å². The Morgan fingerprint density at radius 1 is 0.806 bits per heavy atom. The highest BCUT2D eigenvalue weighted by atomic mass is 15.2. The SMILES string of the molecule is CC(C)(C#N)C1CCC(C2NCNC3CNC4CCC(C5CCCNC5)CC4C32)CC1. The Morgan fingerprint density at radius 2 is 1.61 bits per heavy atom. The van der Waals surface area contributed by atoms with Crippen molar-refractivity contribution in [2.45, 2.75) is 89.8 Å². The Balaban J connectivity index is 1.28. The number of nitriles is 1. The molecule has 0 amide bonds. The van der Waals surface area contributed by atoms with E-state index in [1.165, 1.54) is 70.9 Å². The second-order valence-corrected chi connectivity index (χ2v) is 12.1. The lowest BCUT2D eigenvalue weighted by Crippen LogP contribution is -2.70. The van der Waals surface area contributed by atoms with E-state index in [0.29, 0.717) is 18.0 Å². The molecule has 0 spiro atoms. The van der Waals surface area contributed by atoms with Crippen LogP contribution in [0.25, 0.3) is 0 Å². The average molecular weight is 428 g/mol. The van der Waals surface area contributed by atoms with Gasteiger partial charge in [0.05, 0.1) is 11.5 Å². The first-order valence-corrected chi connectivity index (χ1v) is 13.4. The van der Waals surface area contributed by atoms with Gasteiger partial charge in [-0.2, -0.15) is 5.26 Å². The van der Waals surface area contributed by atoms with Crippen molar-refractivity contribution < 1.29 is 0 Å². The van der Waals surface area contributed by atoms with E-state index >= 15 is 0 Å². The van der Waals surface area contributed by atoms with Crippen molar-refractivity contribution in [1.29, 1.82) is 5.26 Å². The van der Waals surface area contributed by atoms with Gasteiger partial charge in [0.2, 0.25) is 0 Å². The molecule has 5 nitrogen and oxygen atoms in total. The highest BCUT2D eigenvalue weighted by Gasteiger charge is 2.50. The van der Waals surface area contributed by atoms with Crippen molar-refractivity contribution in [2.24, 2.45) is 40.9 Å². The number of piperidine rings is 2. The van der Waals surface area contributed by atoms with Crippen LogP contribution in [-0.2, 0) is 0 Å². The number of hydrogen-bond acceptors (Lipinski definition) is 5. The van der Waals surface area contributed by atoms with Gasteiger partial charge in [0.15, 0.2) is 0 Å². The predicted octanol–water partition coefficient (Wildman–Crippen LogP) is 3.23. The number of rotatable bonds is 3. The van der Waals surface area contributed by atoms with Crippen molar-refractivity contribution in [3.63, 3.8) is 0 Å². The van der Waals surface area contributed by atoms with Gasteiger partial charge in [-0.05, 0) is 120 Å². The molecule has 0 aromatic rings. The van der Waals surface area contributed by atoms with Gasteiger partial charge in [-0.15, -0.1) is 0 Å². The Labute approximate surface area is 189 Å². The van der Waals surface area contributed by atoms with Gasteiger partial charge in [0.25, 0.3) is 0 Å². The molecule has 5 aliphatic rings. The largest absolute Gasteiger partial charge is 0.316 e. The first-order chi connectivity index (χ1) is 15.1. The summed E-state index contributed by atoms with van der Waals surface area (Å²) in [6, 6.07) is 4.60. The zero-order valence-electron chi connectivity index (χ0n) is 19.8. The summed E-state index contributed by atoms with van der Waals surface area (Å²) in [6.07, 6.45) is 12.1. The monoisotopic (exact) mass is 427 g/mol. The molecular weight excluding hydrogens is 382 g/mol. The van der Waals surface area contributed by atoms with Crippen LogP contribution in [0.3, 0.4) is 0 Å². The second kappa shape index (κ2) is 9.29. The van der Waals surface area contributed by atoms with Gasteiger partial charge in [-0.3, -0.25) is 0 Å². The molecule has 3 saturated heterocycles. The lowest BCUT2D eigenvalue weighted by Gasteiger charge is -2.56. The summed E-state index contributed by atoms with van der Waals surface area (Å²) in [6.45, 7) is 8.89. The molecule has 7 unspecified atom stereocenters. The molecule has 5 rings (SSSR count). The minimum absolute atomic E-state index is 0.167. The Bertz CT molecular complexity index is 643. The van der Waals surface area contributed by atoms with Crippen molar-refractivity contribution in [1.82, 2.24) is 21.3 Å². The van der Waals surface area contributed by atoms with Crippen LogP contribution in [0, 0.1) is 52.3 Å². The molecule has 0 bridgehead atoms. The first kappa shape index (κ1) is 22.1. The van der Waals surface area contributed by atoms with Crippen LogP contribution in [-0.4, -0.2) is 44.4 Å². The molecule has 7 atom stereocenters. The summed E-state index contributed by atoms with van der Waals surface area (Å²) in [7, 11) is 0. The third-order valence-corrected chi connectivity index (χ3v) is 10.2. The molecule has 4 N–H and O–H groups in total. The third kappa shape index (κ3) is 4.43. The van der Waals surface area contributed by atoms with Gasteiger partial charge in [0, 0.05) is 31.3 Å². The summed E-state index contributed by atoms with van der Waals surface area (Å²) in [5.74, 6) is 4.77. The summed E-state index contributed by atoms with van der Waals surface area (Å²) >= 11 is 0. The Kier molecular flexibility index (Phi) is 6.64. The molecule has 0 aromatic heterocycles. The number of hydrogen-bond donors (Lipinski definition) is 4. The number of nitrogens with one attached hydrogen (secondary N) is 4. The van der Waals surface area contributed by atoms with Crippen LogP contribution in [0.5, 0.6) is 0 Å². The molecule has 5 heteroatoms. The Hall–Kier alpha value is -0.670. The second-order valence-electron chi connectivity index (χ2n) is 12.1. The fourth-order valence-electron chi connectivity index (χ4n) is 8.28. The molecule has 0 aromatic carbocycles. The molecule has 2 saturated carbocycles. The fraction of sp³-hybridized carbons (Fsp3) is 0.962. The summed E-state index contributed by atoms with van der Waals surface area (Å²) in [5.41, 5.74) is -0.167. The van der Waals surface area contributed by atoms with Crippen molar-refractivity contribution in [3.8, 4) is 6.07 Å². The van der Waals surface area contributed by atoms with Crippen molar-refractivity contribution in [2.75, 3.05) is 26.3 Å². The lowest BCUT2D eigenvalue weighted by molar-refractivity contribution is -0.00341. The smallest absolute Gasteiger partial charge is 0.0686 e. The topological polar surface area (TPSA) is 71.9 Å². The van der Waals surface area contributed by atoms with E-state index in [4.69, 9.17) is 0 Å². The van der Waals surface area contributed by atoms with Crippen molar-refractivity contribution >= 4 is 0 Å². The summed E-state index contributed by atoms with van der Waals surface area (Å²) in [5, 5.41) is 25.0. The zero-order valence-corrected chi connectivity index (χ0v) is 19.8. The fourth-order valence-corrected chi connectivity index (χ4v) is 8.28. The van der Waals surface area contributed by atoms with Gasteiger partial charge in [-0.1, -0.05) is 0 Å². The van der Waals surface area contributed by atoms with Crippen LogP contribution < -0.4 is 21.3 Å². The van der Waals surface area contributed by atoms with Crippen LogP contribution in [0.15, 0.2) is 0 Å². The lowest BCUT2D eigenvalue weighted by atomic mass is 9.59. The van der Waals surface area contributed by atoms with E-state index in [0.717, 1.165) is 48.8 Å². The number of fused-ring (bicyclic) bond motifs is 3. The van der Waals surface area contributed by atoms with Gasteiger partial charge < -0.3 is 21.3 Å². The number of nitrogens with zero attached hydrogens (tertiary/aromatic N) is 1. The summed E-state index contributed by atoms with van der Waals surface area (Å²) in [4.78, 5) is 0. The maximum Gasteiger partial charge on any atom is 0.0686 e. The molecular formula is C26H45N5. The minimum Gasteiger partial charge on any atom is -0.316 e. The predicted molar refractivity (Wildman–Crippen MR) is 125 cm³/mol. The minimum atomic E-state index is -0.167. The van der Waals surface area contributed by atoms with Crippen LogP contribution in [0.1, 0.15) is 71.6 Å². The molecule has 5 fully saturated rings. The molecule has 3 heterocycles. The van der Waals surface area contributed by atoms with Crippen LogP contribution >= 0.6 is 0 Å². The normalized spacial score (nSPS) is 46.4. The van der Waals surface area contributed by atoms with Crippen molar-refractivity contribution in [3.05, 3.63) is 0 Å². The first-order valence-electron chi connectivity index (χ1n) is 13.4. The standard InChI is InChI=1S/C26H45N5/c1-26(2,15-27)20-8-5-17(6-9-20)25-24-21-12-18(19-4-3-11-28-13-19)7-10-22(21)29-14-23(24)30-16-31-25/h17-25,28-31H,3-14,16H2,1-2H3. The maximum atomic E-state index is 9.59. The Morgan fingerprint density at radius 3 is 2.35 bits per heavy atom. The van der Waals surface area contributed by atoms with Gasteiger partial charge in [-0.25, -0.2) is 0 Å². The third-order valence-electron chi connectivity index (χ3n) is 10.2. The van der Waals surface area contributed by atoms with Gasteiger partial charge >= 0.3 is 0 Å². The van der Waals surface area contributed by atoms with E-state index in [9.17, 15) is 5.26 Å². The van der Waals surface area contributed by atoms with Gasteiger partial charge in [0.1, 0.15) is 0 Å². The summed E-state index contributed by atoms with van der Waals surface area (Å²) < 4.78 is 0. The molecule has 31 heavy (non-hydrogen) atoms.